The van der Waals surface area contributed by atoms with E-state index in [-0.39, 0.29) is 17.4 Å². The maximum absolute atomic E-state index is 9.58. The number of aliphatic hydroxyl groups excluding tert-OH is 1. The highest BCUT2D eigenvalue weighted by molar-refractivity contribution is 6.28. The molecule has 0 amide bonds. The van der Waals surface area contributed by atoms with Gasteiger partial charge >= 0.3 is 0 Å². The van der Waals surface area contributed by atoms with E-state index in [2.05, 4.69) is 14.9 Å². The summed E-state index contributed by atoms with van der Waals surface area (Å²) in [6.07, 6.45) is 5.27. The van der Waals surface area contributed by atoms with Crippen LogP contribution in [-0.4, -0.2) is 33.8 Å². The first-order valence-electron chi connectivity index (χ1n) is 6.30. The molecule has 18 heavy (non-hydrogen) atoms. The summed E-state index contributed by atoms with van der Waals surface area (Å²) in [5, 5.41) is 9.79. The van der Waals surface area contributed by atoms with E-state index in [4.69, 9.17) is 17.3 Å². The largest absolute Gasteiger partial charge is 0.394 e. The summed E-state index contributed by atoms with van der Waals surface area (Å²) < 4.78 is 0. The zero-order valence-electron chi connectivity index (χ0n) is 10.5. The fraction of sp³-hybridized carbons (Fsp3) is 0.667. The van der Waals surface area contributed by atoms with Crippen molar-refractivity contribution < 1.29 is 5.11 Å². The Bertz CT molecular complexity index is 413. The summed E-state index contributed by atoms with van der Waals surface area (Å²) in [6, 6.07) is 0.270. The second-order valence-electron chi connectivity index (χ2n) is 4.85. The van der Waals surface area contributed by atoms with Gasteiger partial charge in [0.2, 0.25) is 5.28 Å². The molecule has 2 atom stereocenters. The second kappa shape index (κ2) is 5.71. The minimum atomic E-state index is -0.325. The molecule has 0 saturated carbocycles. The van der Waals surface area contributed by atoms with Crippen molar-refractivity contribution in [3.63, 3.8) is 0 Å². The number of anilines is 2. The third-order valence-corrected chi connectivity index (χ3v) is 3.46. The average molecular weight is 271 g/mol. The van der Waals surface area contributed by atoms with Gasteiger partial charge in [-0.3, -0.25) is 0 Å². The molecule has 0 spiro atoms. The number of aliphatic hydroxyl groups is 1. The Morgan fingerprint density at radius 2 is 2.39 bits per heavy atom. The van der Waals surface area contributed by atoms with Gasteiger partial charge in [-0.15, -0.1) is 0 Å². The Hall–Kier alpha value is -1.07. The predicted octanol–water partition coefficient (Wildman–Crippen LogP) is 1.84. The van der Waals surface area contributed by atoms with Gasteiger partial charge in [0.05, 0.1) is 18.0 Å². The van der Waals surface area contributed by atoms with Crippen LogP contribution in [0.3, 0.4) is 0 Å². The van der Waals surface area contributed by atoms with Crippen LogP contribution in [0.15, 0.2) is 6.20 Å². The van der Waals surface area contributed by atoms with Gasteiger partial charge in [0.1, 0.15) is 0 Å². The van der Waals surface area contributed by atoms with Crippen LogP contribution < -0.4 is 10.6 Å². The van der Waals surface area contributed by atoms with Gasteiger partial charge in [-0.05, 0) is 44.2 Å². The van der Waals surface area contributed by atoms with E-state index in [1.165, 1.54) is 6.42 Å². The lowest BCUT2D eigenvalue weighted by molar-refractivity contribution is 0.167. The Morgan fingerprint density at radius 3 is 3.11 bits per heavy atom. The average Bonchev–Trinajstić information content (AvgIpc) is 2.32. The van der Waals surface area contributed by atoms with Gasteiger partial charge in [0.15, 0.2) is 5.82 Å². The molecule has 2 unspecified atom stereocenters. The molecule has 1 saturated heterocycles. The Kier molecular flexibility index (Phi) is 4.24. The van der Waals surface area contributed by atoms with Gasteiger partial charge in [0.25, 0.3) is 0 Å². The summed E-state index contributed by atoms with van der Waals surface area (Å²) in [6.45, 7) is 2.71. The van der Waals surface area contributed by atoms with E-state index < -0.39 is 0 Å². The standard InChI is InChI=1S/C12H19ClN4O/c1-8(18)6-9-4-2-3-5-17(9)11-10(14)7-15-12(13)16-11/h7-9,18H,2-6,14H2,1H3. The molecule has 0 aromatic carbocycles. The van der Waals surface area contributed by atoms with Gasteiger partial charge in [-0.25, -0.2) is 4.98 Å². The maximum Gasteiger partial charge on any atom is 0.224 e. The maximum atomic E-state index is 9.58. The van der Waals surface area contributed by atoms with Crippen molar-refractivity contribution in [2.45, 2.75) is 44.8 Å². The highest BCUT2D eigenvalue weighted by Crippen LogP contribution is 2.30. The van der Waals surface area contributed by atoms with E-state index in [1.54, 1.807) is 6.20 Å². The fourth-order valence-electron chi connectivity index (χ4n) is 2.51. The molecule has 100 valence electrons. The van der Waals surface area contributed by atoms with Gasteiger partial charge in [-0.1, -0.05) is 0 Å². The molecule has 0 aliphatic carbocycles. The molecular weight excluding hydrogens is 252 g/mol. The lowest BCUT2D eigenvalue weighted by Gasteiger charge is -2.37. The lowest BCUT2D eigenvalue weighted by Crippen LogP contribution is -2.42. The van der Waals surface area contributed by atoms with Crippen LogP contribution in [0.4, 0.5) is 11.5 Å². The predicted molar refractivity (Wildman–Crippen MR) is 72.7 cm³/mol. The van der Waals surface area contributed by atoms with Crippen LogP contribution >= 0.6 is 11.6 Å². The molecule has 1 fully saturated rings. The molecule has 2 heterocycles. The summed E-state index contributed by atoms with van der Waals surface area (Å²) in [4.78, 5) is 10.3. The van der Waals surface area contributed by atoms with E-state index in [0.29, 0.717) is 11.5 Å². The van der Waals surface area contributed by atoms with Crippen LogP contribution in [0.5, 0.6) is 0 Å². The molecule has 1 aromatic rings. The van der Waals surface area contributed by atoms with Crippen molar-refractivity contribution in [3.05, 3.63) is 11.5 Å². The fourth-order valence-corrected chi connectivity index (χ4v) is 2.64. The Labute approximate surface area is 112 Å². The van der Waals surface area contributed by atoms with Crippen molar-refractivity contribution >= 4 is 23.1 Å². The van der Waals surface area contributed by atoms with Crippen LogP contribution in [0, 0.1) is 0 Å². The molecule has 5 nitrogen and oxygen atoms in total. The highest BCUT2D eigenvalue weighted by Gasteiger charge is 2.26. The summed E-state index contributed by atoms with van der Waals surface area (Å²) in [5.74, 6) is 0.695. The van der Waals surface area contributed by atoms with Crippen LogP contribution in [0.1, 0.15) is 32.6 Å². The summed E-state index contributed by atoms with van der Waals surface area (Å²) in [7, 11) is 0. The number of halogens is 1. The molecular formula is C12H19ClN4O. The minimum absolute atomic E-state index is 0.209. The van der Waals surface area contributed by atoms with Crippen molar-refractivity contribution in [3.8, 4) is 0 Å². The summed E-state index contributed by atoms with van der Waals surface area (Å²) in [5.41, 5.74) is 6.46. The number of hydrogen-bond acceptors (Lipinski definition) is 5. The molecule has 1 aliphatic heterocycles. The molecule has 3 N–H and O–H groups in total. The smallest absolute Gasteiger partial charge is 0.224 e. The monoisotopic (exact) mass is 270 g/mol. The number of aromatic nitrogens is 2. The normalized spacial score (nSPS) is 21.9. The van der Waals surface area contributed by atoms with E-state index in [9.17, 15) is 5.11 Å². The van der Waals surface area contributed by atoms with E-state index in [0.717, 1.165) is 25.8 Å². The molecule has 6 heteroatoms. The van der Waals surface area contributed by atoms with Gasteiger partial charge in [0, 0.05) is 12.6 Å². The molecule has 1 aromatic heterocycles. The zero-order valence-corrected chi connectivity index (χ0v) is 11.3. The van der Waals surface area contributed by atoms with Crippen LogP contribution in [-0.2, 0) is 0 Å². The van der Waals surface area contributed by atoms with Crippen molar-refractivity contribution in [2.24, 2.45) is 0 Å². The SMILES string of the molecule is CC(O)CC1CCCCN1c1nc(Cl)ncc1N. The Balaban J connectivity index is 2.24. The third-order valence-electron chi connectivity index (χ3n) is 3.28. The van der Waals surface area contributed by atoms with Crippen LogP contribution in [0.25, 0.3) is 0 Å². The molecule has 1 aliphatic rings. The first kappa shape index (κ1) is 13.4. The number of nitrogens with two attached hydrogens (primary N) is 1. The van der Waals surface area contributed by atoms with Crippen molar-refractivity contribution in [1.29, 1.82) is 0 Å². The number of hydrogen-bond donors (Lipinski definition) is 2. The van der Waals surface area contributed by atoms with E-state index >= 15 is 0 Å². The molecule has 2 rings (SSSR count). The first-order valence-corrected chi connectivity index (χ1v) is 6.68. The zero-order chi connectivity index (χ0) is 13.1. The quantitative estimate of drug-likeness (QED) is 0.820. The number of nitrogen functional groups attached to an aromatic ring is 1. The number of piperidine rings is 1. The van der Waals surface area contributed by atoms with E-state index in [1.807, 2.05) is 6.92 Å². The highest BCUT2D eigenvalue weighted by atomic mass is 35.5. The summed E-state index contributed by atoms with van der Waals surface area (Å²) >= 11 is 5.84. The van der Waals surface area contributed by atoms with Gasteiger partial charge < -0.3 is 15.7 Å². The van der Waals surface area contributed by atoms with Gasteiger partial charge in [-0.2, -0.15) is 4.98 Å². The molecule has 0 radical (unpaired) electrons. The van der Waals surface area contributed by atoms with Crippen molar-refractivity contribution in [1.82, 2.24) is 9.97 Å². The van der Waals surface area contributed by atoms with Crippen molar-refractivity contribution in [2.75, 3.05) is 17.2 Å². The number of nitrogens with zero attached hydrogens (tertiary/aromatic N) is 3. The lowest BCUT2D eigenvalue weighted by atomic mass is 9.97. The third kappa shape index (κ3) is 3.03. The molecule has 0 bridgehead atoms. The second-order valence-corrected chi connectivity index (χ2v) is 5.18. The first-order chi connectivity index (χ1) is 8.58. The Morgan fingerprint density at radius 1 is 1.61 bits per heavy atom. The van der Waals surface area contributed by atoms with Crippen LogP contribution in [0.2, 0.25) is 5.28 Å². The topological polar surface area (TPSA) is 75.3 Å². The number of rotatable bonds is 3. The minimum Gasteiger partial charge on any atom is -0.394 e.